The molecule has 1 fully saturated rings. The summed E-state index contributed by atoms with van der Waals surface area (Å²) in [5.74, 6) is 0.145. The van der Waals surface area contributed by atoms with Crippen molar-refractivity contribution in [2.24, 2.45) is 0 Å². The fourth-order valence-corrected chi connectivity index (χ4v) is 2.19. The molecule has 1 aliphatic heterocycles. The van der Waals surface area contributed by atoms with Gasteiger partial charge in [-0.1, -0.05) is 5.21 Å². The molecule has 3 rings (SSSR count). The number of ether oxygens (including phenoxy) is 1. The molecule has 0 bridgehead atoms. The Labute approximate surface area is 126 Å². The summed E-state index contributed by atoms with van der Waals surface area (Å²) in [5.41, 5.74) is 0.918. The van der Waals surface area contributed by atoms with Crippen molar-refractivity contribution in [1.82, 2.24) is 25.6 Å². The van der Waals surface area contributed by atoms with Gasteiger partial charge in [0, 0.05) is 6.54 Å². The van der Waals surface area contributed by atoms with Crippen LogP contribution in [0, 0.1) is 0 Å². The van der Waals surface area contributed by atoms with Crippen LogP contribution in [-0.4, -0.2) is 46.5 Å². The second kappa shape index (κ2) is 5.84. The van der Waals surface area contributed by atoms with E-state index in [1.807, 2.05) is 0 Å². The molecule has 1 aromatic heterocycles. The Balaban J connectivity index is 1.72. The average molecular weight is 301 g/mol. The Kier molecular flexibility index (Phi) is 3.73. The van der Waals surface area contributed by atoms with Gasteiger partial charge in [-0.25, -0.2) is 4.68 Å². The molecule has 2 amide bonds. The number of nitrogens with one attached hydrogen (secondary N) is 2. The van der Waals surface area contributed by atoms with Crippen LogP contribution in [-0.2, 0) is 4.79 Å². The maximum Gasteiger partial charge on any atom is 0.274 e. The van der Waals surface area contributed by atoms with E-state index in [1.165, 1.54) is 10.9 Å². The molecule has 1 aromatic carbocycles. The summed E-state index contributed by atoms with van der Waals surface area (Å²) >= 11 is 0. The van der Waals surface area contributed by atoms with Crippen molar-refractivity contribution in [2.45, 2.75) is 12.5 Å². The highest BCUT2D eigenvalue weighted by molar-refractivity contribution is 5.96. The molecule has 0 spiro atoms. The fraction of sp³-hybridized carbons (Fsp3) is 0.286. The Hall–Kier alpha value is -2.90. The van der Waals surface area contributed by atoms with E-state index in [0.717, 1.165) is 11.4 Å². The molecule has 8 heteroatoms. The molecule has 0 aliphatic carbocycles. The standard InChI is InChI=1S/C14H15N5O3/c1-22-10-4-2-9(3-5-10)19-8-12(17-18-19)14(21)16-11-6-7-15-13(11)20/h2-5,8,11H,6-7H2,1H3,(H,15,20)(H,16,21)/t11-/m0/s1. The third-order valence-electron chi connectivity index (χ3n) is 3.42. The quantitative estimate of drug-likeness (QED) is 0.821. The number of benzene rings is 1. The summed E-state index contributed by atoms with van der Waals surface area (Å²) in [4.78, 5) is 23.5. The first-order chi connectivity index (χ1) is 10.7. The van der Waals surface area contributed by atoms with E-state index < -0.39 is 11.9 Å². The maximum absolute atomic E-state index is 12.1. The van der Waals surface area contributed by atoms with E-state index in [-0.39, 0.29) is 11.6 Å². The summed E-state index contributed by atoms with van der Waals surface area (Å²) in [6.07, 6.45) is 2.10. The summed E-state index contributed by atoms with van der Waals surface area (Å²) in [5, 5.41) is 13.1. The van der Waals surface area contributed by atoms with E-state index in [1.54, 1.807) is 31.4 Å². The fourth-order valence-electron chi connectivity index (χ4n) is 2.19. The predicted molar refractivity (Wildman–Crippen MR) is 76.8 cm³/mol. The molecule has 114 valence electrons. The van der Waals surface area contributed by atoms with Gasteiger partial charge in [-0.2, -0.15) is 0 Å². The minimum absolute atomic E-state index is 0.163. The van der Waals surface area contributed by atoms with Crippen molar-refractivity contribution < 1.29 is 14.3 Å². The number of carbonyl (C=O) groups is 2. The third kappa shape index (κ3) is 2.76. The largest absolute Gasteiger partial charge is 0.497 e. The van der Waals surface area contributed by atoms with Crippen molar-refractivity contribution in [2.75, 3.05) is 13.7 Å². The molecule has 1 aliphatic rings. The van der Waals surface area contributed by atoms with Gasteiger partial charge in [-0.3, -0.25) is 9.59 Å². The molecule has 22 heavy (non-hydrogen) atoms. The predicted octanol–water partition coefficient (Wildman–Crippen LogP) is -0.106. The number of methoxy groups -OCH3 is 1. The van der Waals surface area contributed by atoms with Crippen LogP contribution in [0.25, 0.3) is 5.69 Å². The summed E-state index contributed by atoms with van der Waals surface area (Å²) in [6.45, 7) is 0.572. The first-order valence-electron chi connectivity index (χ1n) is 6.83. The van der Waals surface area contributed by atoms with Crippen molar-refractivity contribution in [3.05, 3.63) is 36.2 Å². The minimum Gasteiger partial charge on any atom is -0.497 e. The van der Waals surface area contributed by atoms with Crippen LogP contribution >= 0.6 is 0 Å². The van der Waals surface area contributed by atoms with E-state index in [2.05, 4.69) is 20.9 Å². The van der Waals surface area contributed by atoms with Gasteiger partial charge in [0.25, 0.3) is 5.91 Å². The number of nitrogens with zero attached hydrogens (tertiary/aromatic N) is 3. The molecule has 0 radical (unpaired) electrons. The molecule has 1 atom stereocenters. The average Bonchev–Trinajstić information content (AvgIpc) is 3.17. The van der Waals surface area contributed by atoms with Crippen LogP contribution in [0.15, 0.2) is 30.5 Å². The second-order valence-electron chi connectivity index (χ2n) is 4.85. The Morgan fingerprint density at radius 3 is 2.82 bits per heavy atom. The Bertz CT molecular complexity index is 695. The van der Waals surface area contributed by atoms with Crippen LogP contribution in [0.5, 0.6) is 5.75 Å². The highest BCUT2D eigenvalue weighted by atomic mass is 16.5. The normalized spacial score (nSPS) is 17.1. The summed E-state index contributed by atoms with van der Waals surface area (Å²) in [6, 6.07) is 6.69. The Morgan fingerprint density at radius 2 is 2.18 bits per heavy atom. The molecule has 2 aromatic rings. The number of rotatable bonds is 4. The number of carbonyl (C=O) groups excluding carboxylic acids is 2. The van der Waals surface area contributed by atoms with E-state index in [4.69, 9.17) is 4.74 Å². The van der Waals surface area contributed by atoms with Crippen LogP contribution in [0.1, 0.15) is 16.9 Å². The number of amides is 2. The van der Waals surface area contributed by atoms with Crippen LogP contribution in [0.2, 0.25) is 0 Å². The highest BCUT2D eigenvalue weighted by Crippen LogP contribution is 2.14. The SMILES string of the molecule is COc1ccc(-n2cc(C(=O)N[C@H]3CCNC3=O)nn2)cc1. The first kappa shape index (κ1) is 14.1. The van der Waals surface area contributed by atoms with Gasteiger partial charge in [0.05, 0.1) is 19.0 Å². The van der Waals surface area contributed by atoms with Crippen LogP contribution in [0.3, 0.4) is 0 Å². The van der Waals surface area contributed by atoms with E-state index in [9.17, 15) is 9.59 Å². The van der Waals surface area contributed by atoms with Gasteiger partial charge in [0.1, 0.15) is 11.8 Å². The monoisotopic (exact) mass is 301 g/mol. The summed E-state index contributed by atoms with van der Waals surface area (Å²) < 4.78 is 6.57. The van der Waals surface area contributed by atoms with Gasteiger partial charge in [-0.15, -0.1) is 5.10 Å². The number of hydrogen-bond acceptors (Lipinski definition) is 5. The molecule has 1 saturated heterocycles. The molecule has 2 heterocycles. The van der Waals surface area contributed by atoms with Gasteiger partial charge >= 0.3 is 0 Å². The molecule has 0 unspecified atom stereocenters. The lowest BCUT2D eigenvalue weighted by molar-refractivity contribution is -0.120. The molecule has 8 nitrogen and oxygen atoms in total. The van der Waals surface area contributed by atoms with Gasteiger partial charge in [0.2, 0.25) is 5.91 Å². The highest BCUT2D eigenvalue weighted by Gasteiger charge is 2.26. The zero-order chi connectivity index (χ0) is 15.5. The van der Waals surface area contributed by atoms with Crippen molar-refractivity contribution in [3.63, 3.8) is 0 Å². The zero-order valence-corrected chi connectivity index (χ0v) is 11.9. The van der Waals surface area contributed by atoms with Gasteiger partial charge < -0.3 is 15.4 Å². The number of hydrogen-bond donors (Lipinski definition) is 2. The third-order valence-corrected chi connectivity index (χ3v) is 3.42. The smallest absolute Gasteiger partial charge is 0.274 e. The first-order valence-corrected chi connectivity index (χ1v) is 6.83. The molecular weight excluding hydrogens is 286 g/mol. The van der Waals surface area contributed by atoms with E-state index in [0.29, 0.717) is 13.0 Å². The Morgan fingerprint density at radius 1 is 1.41 bits per heavy atom. The number of aromatic nitrogens is 3. The van der Waals surface area contributed by atoms with Gasteiger partial charge in [-0.05, 0) is 30.7 Å². The zero-order valence-electron chi connectivity index (χ0n) is 11.9. The topological polar surface area (TPSA) is 98.1 Å². The van der Waals surface area contributed by atoms with Crippen LogP contribution in [0.4, 0.5) is 0 Å². The molecular formula is C14H15N5O3. The minimum atomic E-state index is -0.501. The molecule has 0 saturated carbocycles. The van der Waals surface area contributed by atoms with Crippen molar-refractivity contribution >= 4 is 11.8 Å². The van der Waals surface area contributed by atoms with Crippen molar-refractivity contribution in [3.8, 4) is 11.4 Å². The molecule has 2 N–H and O–H groups in total. The lowest BCUT2D eigenvalue weighted by Crippen LogP contribution is -2.40. The van der Waals surface area contributed by atoms with E-state index >= 15 is 0 Å². The van der Waals surface area contributed by atoms with Crippen molar-refractivity contribution in [1.29, 1.82) is 0 Å². The second-order valence-corrected chi connectivity index (χ2v) is 4.85. The maximum atomic E-state index is 12.1. The lowest BCUT2D eigenvalue weighted by Gasteiger charge is -2.07. The van der Waals surface area contributed by atoms with Crippen LogP contribution < -0.4 is 15.4 Å². The van der Waals surface area contributed by atoms with Gasteiger partial charge in [0.15, 0.2) is 5.69 Å². The summed E-state index contributed by atoms with van der Waals surface area (Å²) in [7, 11) is 1.59. The lowest BCUT2D eigenvalue weighted by atomic mass is 10.2.